The van der Waals surface area contributed by atoms with Crippen molar-refractivity contribution in [3.05, 3.63) is 0 Å². The van der Waals surface area contributed by atoms with Crippen molar-refractivity contribution in [3.8, 4) is 0 Å². The molecule has 0 spiro atoms. The van der Waals surface area contributed by atoms with Gasteiger partial charge in [-0.05, 0) is 32.1 Å². The minimum Gasteiger partial charge on any atom is -0.396 e. The van der Waals surface area contributed by atoms with Crippen LogP contribution < -0.4 is 0 Å². The summed E-state index contributed by atoms with van der Waals surface area (Å²) in [6.45, 7) is 2.00. The van der Waals surface area contributed by atoms with Crippen molar-refractivity contribution in [1.82, 2.24) is 8.61 Å². The fourth-order valence-corrected chi connectivity index (χ4v) is 4.92. The zero-order chi connectivity index (χ0) is 13.0. The summed E-state index contributed by atoms with van der Waals surface area (Å²) in [4.78, 5) is 0. The number of hydrogen-bond acceptors (Lipinski definition) is 3. The third-order valence-corrected chi connectivity index (χ3v) is 6.06. The average Bonchev–Trinajstić information content (AvgIpc) is 2.41. The Balaban J connectivity index is 2.10. The van der Waals surface area contributed by atoms with Crippen LogP contribution in [0.25, 0.3) is 0 Å². The van der Waals surface area contributed by atoms with Crippen LogP contribution in [0.2, 0.25) is 0 Å². The van der Waals surface area contributed by atoms with E-state index in [0.29, 0.717) is 26.1 Å². The van der Waals surface area contributed by atoms with Crippen LogP contribution in [0, 0.1) is 0 Å². The first-order chi connectivity index (χ1) is 8.66. The number of aliphatic hydroxyl groups excluding tert-OH is 1. The van der Waals surface area contributed by atoms with Crippen LogP contribution in [0.15, 0.2) is 0 Å². The standard InChI is InChI=1S/C12H24N2O3S/c15-11-7-12-6-2-5-10-14(12)18(16,17)13-8-3-1-4-9-13/h12,15H,1-11H2. The molecular weight excluding hydrogens is 252 g/mol. The summed E-state index contributed by atoms with van der Waals surface area (Å²) in [7, 11) is -3.30. The Morgan fingerprint density at radius 2 is 1.67 bits per heavy atom. The van der Waals surface area contributed by atoms with E-state index in [1.54, 1.807) is 8.61 Å². The van der Waals surface area contributed by atoms with Crippen LogP contribution in [-0.4, -0.2) is 54.4 Å². The summed E-state index contributed by atoms with van der Waals surface area (Å²) in [6.07, 6.45) is 6.52. The number of rotatable bonds is 4. The summed E-state index contributed by atoms with van der Waals surface area (Å²) in [5, 5.41) is 9.08. The van der Waals surface area contributed by atoms with Crippen molar-refractivity contribution in [2.45, 2.75) is 51.0 Å². The maximum atomic E-state index is 12.6. The number of nitrogens with zero attached hydrogens (tertiary/aromatic N) is 2. The Kier molecular flexibility index (Phi) is 5.00. The van der Waals surface area contributed by atoms with E-state index in [1.165, 1.54) is 0 Å². The second-order valence-corrected chi connectivity index (χ2v) is 7.12. The van der Waals surface area contributed by atoms with Crippen molar-refractivity contribution in [2.75, 3.05) is 26.2 Å². The molecule has 18 heavy (non-hydrogen) atoms. The molecule has 1 N–H and O–H groups in total. The van der Waals surface area contributed by atoms with Crippen molar-refractivity contribution < 1.29 is 13.5 Å². The summed E-state index contributed by atoms with van der Waals surface area (Å²) < 4.78 is 28.5. The second-order valence-electron chi connectivity index (χ2n) is 5.24. The van der Waals surface area contributed by atoms with Crippen LogP contribution in [-0.2, 0) is 10.2 Å². The van der Waals surface area contributed by atoms with Gasteiger partial charge >= 0.3 is 0 Å². The highest BCUT2D eigenvalue weighted by Gasteiger charge is 2.36. The van der Waals surface area contributed by atoms with Crippen LogP contribution in [0.1, 0.15) is 44.9 Å². The summed E-state index contributed by atoms with van der Waals surface area (Å²) >= 11 is 0. The largest absolute Gasteiger partial charge is 0.396 e. The minimum absolute atomic E-state index is 0.00400. The molecule has 1 unspecified atom stereocenters. The molecule has 2 fully saturated rings. The van der Waals surface area contributed by atoms with Crippen LogP contribution >= 0.6 is 0 Å². The molecule has 2 aliphatic heterocycles. The molecule has 0 saturated carbocycles. The number of piperidine rings is 2. The number of aliphatic hydroxyl groups is 1. The third-order valence-electron chi connectivity index (χ3n) is 3.97. The first kappa shape index (κ1) is 14.2. The van der Waals surface area contributed by atoms with Gasteiger partial charge < -0.3 is 5.11 Å². The van der Waals surface area contributed by atoms with Gasteiger partial charge in [-0.2, -0.15) is 17.0 Å². The van der Waals surface area contributed by atoms with Gasteiger partial charge in [0.25, 0.3) is 10.2 Å². The molecule has 2 aliphatic rings. The van der Waals surface area contributed by atoms with E-state index < -0.39 is 10.2 Å². The molecule has 0 aromatic carbocycles. The molecule has 2 heterocycles. The van der Waals surface area contributed by atoms with Gasteiger partial charge in [-0.1, -0.05) is 12.8 Å². The van der Waals surface area contributed by atoms with Crippen LogP contribution in [0.5, 0.6) is 0 Å². The minimum atomic E-state index is -3.30. The van der Waals surface area contributed by atoms with Crippen LogP contribution in [0.4, 0.5) is 0 Å². The van der Waals surface area contributed by atoms with Gasteiger partial charge in [0, 0.05) is 32.3 Å². The highest BCUT2D eigenvalue weighted by Crippen LogP contribution is 2.26. The lowest BCUT2D eigenvalue weighted by molar-refractivity contribution is 0.180. The quantitative estimate of drug-likeness (QED) is 0.832. The number of hydrogen-bond donors (Lipinski definition) is 1. The van der Waals surface area contributed by atoms with Crippen molar-refractivity contribution in [1.29, 1.82) is 0 Å². The maximum Gasteiger partial charge on any atom is 0.282 e. The highest BCUT2D eigenvalue weighted by molar-refractivity contribution is 7.86. The Hall–Kier alpha value is -0.170. The van der Waals surface area contributed by atoms with Gasteiger partial charge in [-0.25, -0.2) is 0 Å². The predicted octanol–water partition coefficient (Wildman–Crippen LogP) is 0.954. The Bertz CT molecular complexity index is 350. The van der Waals surface area contributed by atoms with E-state index in [4.69, 9.17) is 5.11 Å². The first-order valence-electron chi connectivity index (χ1n) is 7.04. The van der Waals surface area contributed by atoms with E-state index in [9.17, 15) is 8.42 Å². The topological polar surface area (TPSA) is 60.9 Å². The van der Waals surface area contributed by atoms with Crippen LogP contribution in [0.3, 0.4) is 0 Å². The first-order valence-corrected chi connectivity index (χ1v) is 8.44. The molecule has 1 atom stereocenters. The fraction of sp³-hybridized carbons (Fsp3) is 1.00. The molecule has 0 aromatic rings. The highest BCUT2D eigenvalue weighted by atomic mass is 32.2. The Morgan fingerprint density at radius 1 is 1.00 bits per heavy atom. The van der Waals surface area contributed by atoms with Gasteiger partial charge in [0.1, 0.15) is 0 Å². The van der Waals surface area contributed by atoms with Crippen molar-refractivity contribution in [3.63, 3.8) is 0 Å². The lowest BCUT2D eigenvalue weighted by Crippen LogP contribution is -2.52. The molecule has 0 radical (unpaired) electrons. The lowest BCUT2D eigenvalue weighted by Gasteiger charge is -2.38. The van der Waals surface area contributed by atoms with Crippen molar-refractivity contribution in [2.24, 2.45) is 0 Å². The summed E-state index contributed by atoms with van der Waals surface area (Å²) in [5.74, 6) is 0. The van der Waals surface area contributed by atoms with E-state index in [2.05, 4.69) is 0 Å². The molecule has 6 heteroatoms. The molecule has 106 valence electrons. The zero-order valence-electron chi connectivity index (χ0n) is 10.9. The van der Waals surface area contributed by atoms with Gasteiger partial charge in [-0.3, -0.25) is 0 Å². The lowest BCUT2D eigenvalue weighted by atomic mass is 10.0. The molecule has 2 saturated heterocycles. The molecule has 0 bridgehead atoms. The van der Waals surface area contributed by atoms with Gasteiger partial charge in [0.05, 0.1) is 0 Å². The van der Waals surface area contributed by atoms with Gasteiger partial charge in [0.15, 0.2) is 0 Å². The second kappa shape index (κ2) is 6.32. The SMILES string of the molecule is O=S(=O)(N1CCCCC1)N1CCCCC1CCO. The molecule has 0 aliphatic carbocycles. The van der Waals surface area contributed by atoms with Gasteiger partial charge in [-0.15, -0.1) is 0 Å². The predicted molar refractivity (Wildman–Crippen MR) is 70.4 cm³/mol. The third kappa shape index (κ3) is 3.04. The summed E-state index contributed by atoms with van der Waals surface area (Å²) in [5.41, 5.74) is 0. The van der Waals surface area contributed by atoms with E-state index in [-0.39, 0.29) is 12.6 Å². The maximum absolute atomic E-state index is 12.6. The smallest absolute Gasteiger partial charge is 0.282 e. The monoisotopic (exact) mass is 276 g/mol. The molecule has 0 amide bonds. The normalized spacial score (nSPS) is 28.4. The average molecular weight is 276 g/mol. The molecular formula is C12H24N2O3S. The Labute approximate surface area is 110 Å². The van der Waals surface area contributed by atoms with E-state index >= 15 is 0 Å². The Morgan fingerprint density at radius 3 is 2.33 bits per heavy atom. The molecule has 2 rings (SSSR count). The zero-order valence-corrected chi connectivity index (χ0v) is 11.7. The summed E-state index contributed by atoms with van der Waals surface area (Å²) in [6, 6.07) is -0.00400. The van der Waals surface area contributed by atoms with Crippen molar-refractivity contribution >= 4 is 10.2 Å². The van der Waals surface area contributed by atoms with Gasteiger partial charge in [0.2, 0.25) is 0 Å². The molecule has 5 nitrogen and oxygen atoms in total. The fourth-order valence-electron chi connectivity index (χ4n) is 2.96. The molecule has 0 aromatic heterocycles. The van der Waals surface area contributed by atoms with E-state index in [1.807, 2.05) is 0 Å². The van der Waals surface area contributed by atoms with E-state index in [0.717, 1.165) is 38.5 Å².